The van der Waals surface area contributed by atoms with Gasteiger partial charge in [-0.15, -0.1) is 10.2 Å². The smallest absolute Gasteiger partial charge is 0.238 e. The summed E-state index contributed by atoms with van der Waals surface area (Å²) in [4.78, 5) is 13.0. The molecule has 0 spiro atoms. The molecule has 4 heterocycles. The first-order valence-corrected chi connectivity index (χ1v) is 12.8. The van der Waals surface area contributed by atoms with Gasteiger partial charge in [0.25, 0.3) is 0 Å². The number of sulfonamides is 1. The van der Waals surface area contributed by atoms with Crippen molar-refractivity contribution in [3.05, 3.63) is 36.4 Å². The van der Waals surface area contributed by atoms with Crippen LogP contribution in [0.5, 0.6) is 11.6 Å². The van der Waals surface area contributed by atoms with Crippen molar-refractivity contribution in [3.63, 3.8) is 0 Å². The fourth-order valence-corrected chi connectivity index (χ4v) is 5.08. The molecule has 0 amide bonds. The normalized spacial score (nSPS) is 16.5. The summed E-state index contributed by atoms with van der Waals surface area (Å²) < 4.78 is 47.1. The van der Waals surface area contributed by atoms with Gasteiger partial charge in [0.05, 0.1) is 31.9 Å². The molecule has 0 bridgehead atoms. The Morgan fingerprint density at radius 1 is 1.09 bits per heavy atom. The molecule has 1 aliphatic rings. The summed E-state index contributed by atoms with van der Waals surface area (Å²) in [5, 5.41) is 7.64. The zero-order valence-corrected chi connectivity index (χ0v) is 20.9. The summed E-state index contributed by atoms with van der Waals surface area (Å²) >= 11 is 0. The van der Waals surface area contributed by atoms with E-state index in [2.05, 4.69) is 29.9 Å². The topological polar surface area (TPSA) is 143 Å². The fraction of sp³-hybridized carbons (Fsp3) is 0.500. The van der Waals surface area contributed by atoms with E-state index in [-0.39, 0.29) is 12.0 Å². The molecular weight excluding hydrogens is 474 g/mol. The van der Waals surface area contributed by atoms with Gasteiger partial charge >= 0.3 is 0 Å². The molecular formula is C22H29N7O5S. The molecule has 35 heavy (non-hydrogen) atoms. The van der Waals surface area contributed by atoms with Crippen LogP contribution < -0.4 is 14.2 Å². The molecule has 188 valence electrons. The molecule has 1 fully saturated rings. The Kier molecular flexibility index (Phi) is 7.45. The molecule has 0 radical (unpaired) electrons. The molecule has 3 aromatic heterocycles. The highest BCUT2D eigenvalue weighted by molar-refractivity contribution is 7.93. The lowest BCUT2D eigenvalue weighted by Crippen LogP contribution is -2.32. The number of aromatic nitrogens is 6. The fourth-order valence-electron chi connectivity index (χ4n) is 3.84. The molecule has 3 aromatic rings. The van der Waals surface area contributed by atoms with Gasteiger partial charge in [-0.25, -0.2) is 23.4 Å². The Balaban J connectivity index is 1.65. The Labute approximate surface area is 204 Å². The van der Waals surface area contributed by atoms with E-state index in [0.717, 1.165) is 0 Å². The number of pyridine rings is 1. The highest BCUT2D eigenvalue weighted by Crippen LogP contribution is 2.32. The van der Waals surface area contributed by atoms with E-state index in [1.54, 1.807) is 36.6 Å². The minimum absolute atomic E-state index is 0.0582. The van der Waals surface area contributed by atoms with Crippen LogP contribution in [0.15, 0.2) is 30.6 Å². The van der Waals surface area contributed by atoms with Crippen LogP contribution >= 0.6 is 0 Å². The summed E-state index contributed by atoms with van der Waals surface area (Å²) in [6.07, 6.45) is 4.41. The second-order valence-corrected chi connectivity index (χ2v) is 10.3. The number of methoxy groups -OCH3 is 2. The second-order valence-electron chi connectivity index (χ2n) is 8.25. The Hall–Kier alpha value is -3.32. The minimum Gasteiger partial charge on any atom is -0.494 e. The molecule has 2 unspecified atom stereocenters. The van der Waals surface area contributed by atoms with Gasteiger partial charge in [-0.05, 0) is 25.8 Å². The lowest BCUT2D eigenvalue weighted by atomic mass is 10.1. The van der Waals surface area contributed by atoms with Gasteiger partial charge in [0, 0.05) is 31.2 Å². The third-order valence-electron chi connectivity index (χ3n) is 6.13. The monoisotopic (exact) mass is 503 g/mol. The maximum Gasteiger partial charge on any atom is 0.238 e. The van der Waals surface area contributed by atoms with Crippen LogP contribution in [0, 0.1) is 0 Å². The van der Waals surface area contributed by atoms with Crippen LogP contribution in [0.3, 0.4) is 0 Å². The van der Waals surface area contributed by atoms with Gasteiger partial charge in [-0.2, -0.15) is 0 Å². The molecule has 0 aromatic carbocycles. The first-order chi connectivity index (χ1) is 16.8. The third kappa shape index (κ3) is 5.35. The number of nitrogens with one attached hydrogen (secondary N) is 1. The van der Waals surface area contributed by atoms with Gasteiger partial charge in [0.1, 0.15) is 11.5 Å². The molecule has 4 rings (SSSR count). The van der Waals surface area contributed by atoms with Crippen molar-refractivity contribution in [2.75, 3.05) is 32.2 Å². The van der Waals surface area contributed by atoms with E-state index in [9.17, 15) is 8.42 Å². The van der Waals surface area contributed by atoms with Crippen molar-refractivity contribution in [2.24, 2.45) is 0 Å². The molecule has 0 saturated carbocycles. The summed E-state index contributed by atoms with van der Waals surface area (Å²) in [5.41, 5.74) is 0.529. The maximum absolute atomic E-state index is 13.4. The third-order valence-corrected chi connectivity index (χ3v) is 7.99. The number of ether oxygens (including phenoxy) is 3. The standard InChI is InChI=1S/C22H29N7O5S/c1-14(20-23-12-17(32-3)13-24-20)15(2)35(30,31)28-22-27-26-21(18-6-5-7-19(25-18)33-4)29(22)16-8-10-34-11-9-16/h5-7,12-16H,8-11H2,1-4H3,(H,27,28). The van der Waals surface area contributed by atoms with Gasteiger partial charge in [0.2, 0.25) is 21.9 Å². The number of hydrogen-bond donors (Lipinski definition) is 1. The Morgan fingerprint density at radius 3 is 2.46 bits per heavy atom. The minimum atomic E-state index is -3.88. The van der Waals surface area contributed by atoms with Crippen LogP contribution in [-0.2, 0) is 14.8 Å². The lowest BCUT2D eigenvalue weighted by molar-refractivity contribution is 0.0704. The highest BCUT2D eigenvalue weighted by Gasteiger charge is 2.33. The number of anilines is 1. The average molecular weight is 504 g/mol. The summed E-state index contributed by atoms with van der Waals surface area (Å²) in [5.74, 6) is 1.41. The van der Waals surface area contributed by atoms with Crippen LogP contribution in [0.1, 0.15) is 44.5 Å². The molecule has 1 aliphatic heterocycles. The number of hydrogen-bond acceptors (Lipinski definition) is 10. The van der Waals surface area contributed by atoms with Crippen molar-refractivity contribution in [3.8, 4) is 23.1 Å². The van der Waals surface area contributed by atoms with Crippen molar-refractivity contribution in [1.29, 1.82) is 0 Å². The van der Waals surface area contributed by atoms with Crippen molar-refractivity contribution < 1.29 is 22.6 Å². The second kappa shape index (κ2) is 10.5. The van der Waals surface area contributed by atoms with Crippen molar-refractivity contribution >= 4 is 16.0 Å². The number of nitrogens with zero attached hydrogens (tertiary/aromatic N) is 6. The summed E-state index contributed by atoms with van der Waals surface area (Å²) in [6, 6.07) is 5.25. The van der Waals surface area contributed by atoms with E-state index in [1.165, 1.54) is 26.6 Å². The van der Waals surface area contributed by atoms with Gasteiger partial charge in [0.15, 0.2) is 11.6 Å². The zero-order chi connectivity index (χ0) is 25.0. The molecule has 1 saturated heterocycles. The highest BCUT2D eigenvalue weighted by atomic mass is 32.2. The quantitative estimate of drug-likeness (QED) is 0.462. The van der Waals surface area contributed by atoms with E-state index < -0.39 is 21.2 Å². The molecule has 1 N–H and O–H groups in total. The zero-order valence-electron chi connectivity index (χ0n) is 20.1. The predicted molar refractivity (Wildman–Crippen MR) is 128 cm³/mol. The Morgan fingerprint density at radius 2 is 1.80 bits per heavy atom. The maximum atomic E-state index is 13.4. The largest absolute Gasteiger partial charge is 0.494 e. The van der Waals surface area contributed by atoms with Crippen LogP contribution in [-0.4, -0.2) is 70.8 Å². The van der Waals surface area contributed by atoms with Crippen LogP contribution in [0.25, 0.3) is 11.5 Å². The first-order valence-electron chi connectivity index (χ1n) is 11.3. The van der Waals surface area contributed by atoms with E-state index in [4.69, 9.17) is 14.2 Å². The first kappa shape index (κ1) is 24.8. The predicted octanol–water partition coefficient (Wildman–Crippen LogP) is 2.43. The van der Waals surface area contributed by atoms with E-state index >= 15 is 0 Å². The van der Waals surface area contributed by atoms with Crippen LogP contribution in [0.4, 0.5) is 5.95 Å². The number of rotatable bonds is 9. The molecule has 0 aliphatic carbocycles. The van der Waals surface area contributed by atoms with Crippen molar-refractivity contribution in [2.45, 2.75) is 43.9 Å². The van der Waals surface area contributed by atoms with E-state index in [1.807, 2.05) is 0 Å². The lowest BCUT2D eigenvalue weighted by Gasteiger charge is -2.26. The Bertz CT molecular complexity index is 1240. The van der Waals surface area contributed by atoms with Gasteiger partial charge < -0.3 is 14.2 Å². The van der Waals surface area contributed by atoms with E-state index in [0.29, 0.717) is 55.0 Å². The van der Waals surface area contributed by atoms with Gasteiger partial charge in [-0.3, -0.25) is 9.29 Å². The van der Waals surface area contributed by atoms with Crippen LogP contribution in [0.2, 0.25) is 0 Å². The average Bonchev–Trinajstić information content (AvgIpc) is 3.31. The summed E-state index contributed by atoms with van der Waals surface area (Å²) in [6.45, 7) is 4.49. The molecule has 13 heteroatoms. The molecule has 12 nitrogen and oxygen atoms in total. The molecule has 2 atom stereocenters. The summed E-state index contributed by atoms with van der Waals surface area (Å²) in [7, 11) is -0.832. The van der Waals surface area contributed by atoms with Crippen molar-refractivity contribution in [1.82, 2.24) is 29.7 Å². The SMILES string of the molecule is COc1cnc(C(C)C(C)S(=O)(=O)Nc2nnc(-c3cccc(OC)n3)n2C2CCOCC2)nc1. The van der Waals surface area contributed by atoms with Gasteiger partial charge in [-0.1, -0.05) is 13.0 Å².